The number of hydrogen-bond donors (Lipinski definition) is 1. The van der Waals surface area contributed by atoms with Gasteiger partial charge in [0.05, 0.1) is 0 Å². The summed E-state index contributed by atoms with van der Waals surface area (Å²) in [7, 11) is 0. The molecule has 3 aliphatic rings. The first-order valence-electron chi connectivity index (χ1n) is 13.6. The van der Waals surface area contributed by atoms with Gasteiger partial charge in [-0.25, -0.2) is 0 Å². The first-order chi connectivity index (χ1) is 18.3. The quantitative estimate of drug-likeness (QED) is 0.472. The number of carboxylic acid groups (broad SMARTS) is 1. The van der Waals surface area contributed by atoms with Gasteiger partial charge in [0, 0.05) is 46.9 Å². The molecule has 2 aromatic rings. The van der Waals surface area contributed by atoms with Crippen LogP contribution in [0.5, 0.6) is 5.75 Å². The number of aryl methyl sites for hydroxylation is 1. The van der Waals surface area contributed by atoms with Crippen LogP contribution in [0.25, 0.3) is 0 Å². The fourth-order valence-corrected chi connectivity index (χ4v) is 6.38. The first kappa shape index (κ1) is 26.9. The third-order valence-corrected chi connectivity index (χ3v) is 8.06. The van der Waals surface area contributed by atoms with Crippen LogP contribution in [0.3, 0.4) is 0 Å². The van der Waals surface area contributed by atoms with Gasteiger partial charge in [-0.2, -0.15) is 0 Å². The third-order valence-electron chi connectivity index (χ3n) is 8.06. The predicted octanol–water partition coefficient (Wildman–Crippen LogP) is 6.34. The van der Waals surface area contributed by atoms with E-state index >= 15 is 0 Å². The topological polar surface area (TPSA) is 83.9 Å². The molecule has 0 fully saturated rings. The average Bonchev–Trinajstić information content (AvgIpc) is 2.83. The van der Waals surface area contributed by atoms with E-state index in [0.717, 1.165) is 22.5 Å². The number of aliphatic carboxylic acids is 1. The van der Waals surface area contributed by atoms with Crippen LogP contribution >= 0.6 is 0 Å². The van der Waals surface area contributed by atoms with E-state index < -0.39 is 11.9 Å². The number of allylic oxidation sites excluding steroid dienone is 4. The number of rotatable bonds is 6. The van der Waals surface area contributed by atoms with Crippen molar-refractivity contribution in [1.29, 1.82) is 0 Å². The minimum atomic E-state index is -0.986. The summed E-state index contributed by atoms with van der Waals surface area (Å²) < 4.78 is 6.34. The Morgan fingerprint density at radius 3 is 1.95 bits per heavy atom. The van der Waals surface area contributed by atoms with Gasteiger partial charge in [-0.05, 0) is 42.2 Å². The van der Waals surface area contributed by atoms with Gasteiger partial charge in [0.2, 0.25) is 0 Å². The third kappa shape index (κ3) is 5.29. The zero-order valence-corrected chi connectivity index (χ0v) is 23.5. The number of ketones is 2. The number of hydrogen-bond acceptors (Lipinski definition) is 5. The van der Waals surface area contributed by atoms with Crippen LogP contribution in [0, 0.1) is 17.8 Å². The molecule has 1 aliphatic heterocycles. The van der Waals surface area contributed by atoms with Crippen molar-refractivity contribution in [3.8, 4) is 5.75 Å². The van der Waals surface area contributed by atoms with Gasteiger partial charge in [0.15, 0.2) is 11.6 Å². The fourth-order valence-electron chi connectivity index (χ4n) is 6.38. The number of carboxylic acids is 1. The molecule has 6 heteroatoms. The first-order valence-corrected chi connectivity index (χ1v) is 13.6. The van der Waals surface area contributed by atoms with Crippen molar-refractivity contribution in [2.24, 2.45) is 10.8 Å². The van der Waals surface area contributed by atoms with Crippen molar-refractivity contribution in [3.63, 3.8) is 0 Å². The Kier molecular flexibility index (Phi) is 6.78. The Balaban J connectivity index is 1.68. The van der Waals surface area contributed by atoms with E-state index in [9.17, 15) is 19.5 Å². The van der Waals surface area contributed by atoms with Gasteiger partial charge in [-0.3, -0.25) is 14.4 Å². The van der Waals surface area contributed by atoms with E-state index in [1.807, 2.05) is 83.1 Å². The van der Waals surface area contributed by atoms with Crippen molar-refractivity contribution >= 4 is 17.5 Å². The Labute approximate surface area is 230 Å². The summed E-state index contributed by atoms with van der Waals surface area (Å²) in [5, 5.41) is 9.88. The number of para-hydroxylation sites is 1. The van der Waals surface area contributed by atoms with Gasteiger partial charge in [0.25, 0.3) is 0 Å². The van der Waals surface area contributed by atoms with E-state index in [1.165, 1.54) is 5.56 Å². The zero-order chi connectivity index (χ0) is 28.1. The van der Waals surface area contributed by atoms with Crippen LogP contribution in [-0.2, 0) is 21.0 Å². The van der Waals surface area contributed by atoms with Crippen molar-refractivity contribution in [1.82, 2.24) is 4.90 Å². The number of benzene rings is 2. The second kappa shape index (κ2) is 9.82. The lowest BCUT2D eigenvalue weighted by molar-refractivity contribution is -0.138. The fraction of sp³-hybridized carbons (Fsp3) is 0.424. The standard InChI is InChI=1S/C33H37NO5/c1-20-10-12-21(13-11-20)19-39-27-9-7-6-8-22(27)29-30-23(14-32(2,3)16-25(30)35)34(18-28(37)38)24-15-33(4,5)17-26(36)31(24)29/h6-13,29H,14-19H2,1-5H3,(H,37,38). The van der Waals surface area contributed by atoms with E-state index in [2.05, 4.69) is 0 Å². The molecule has 204 valence electrons. The molecule has 5 rings (SSSR count). The molecule has 0 amide bonds. The maximum Gasteiger partial charge on any atom is 0.323 e. The minimum absolute atomic E-state index is 0.0286. The molecule has 0 radical (unpaired) electrons. The summed E-state index contributed by atoms with van der Waals surface area (Å²) in [6.45, 7) is 10.3. The number of ether oxygens (including phenoxy) is 1. The molecule has 1 heterocycles. The summed E-state index contributed by atoms with van der Waals surface area (Å²) in [6.07, 6.45) is 1.82. The number of Topliss-reactive ketones (excluding diaryl/α,β-unsaturated/α-hetero) is 2. The Morgan fingerprint density at radius 2 is 1.41 bits per heavy atom. The van der Waals surface area contributed by atoms with Gasteiger partial charge < -0.3 is 14.7 Å². The molecule has 0 atom stereocenters. The summed E-state index contributed by atoms with van der Waals surface area (Å²) in [4.78, 5) is 41.6. The van der Waals surface area contributed by atoms with Crippen LogP contribution in [0.4, 0.5) is 0 Å². The molecule has 0 unspecified atom stereocenters. The highest BCUT2D eigenvalue weighted by Crippen LogP contribution is 2.55. The van der Waals surface area contributed by atoms with E-state index in [1.54, 1.807) is 4.90 Å². The lowest BCUT2D eigenvalue weighted by atomic mass is 9.63. The lowest BCUT2D eigenvalue weighted by Gasteiger charge is -2.48. The number of nitrogens with zero attached hydrogens (tertiary/aromatic N) is 1. The second-order valence-electron chi connectivity index (χ2n) is 12.8. The van der Waals surface area contributed by atoms with Crippen LogP contribution in [-0.4, -0.2) is 34.1 Å². The van der Waals surface area contributed by atoms with Crippen LogP contribution in [0.15, 0.2) is 71.1 Å². The Bertz CT molecular complexity index is 1360. The van der Waals surface area contributed by atoms with Crippen LogP contribution in [0.2, 0.25) is 0 Å². The average molecular weight is 528 g/mol. The van der Waals surface area contributed by atoms with Crippen LogP contribution < -0.4 is 4.74 Å². The van der Waals surface area contributed by atoms with E-state index in [4.69, 9.17) is 4.74 Å². The van der Waals surface area contributed by atoms with E-state index in [0.29, 0.717) is 49.2 Å². The summed E-state index contributed by atoms with van der Waals surface area (Å²) in [6, 6.07) is 15.8. The van der Waals surface area contributed by atoms with Gasteiger partial charge in [-0.1, -0.05) is 75.7 Å². The normalized spacial score (nSPS) is 20.6. The van der Waals surface area contributed by atoms with Crippen molar-refractivity contribution in [3.05, 3.63) is 87.8 Å². The SMILES string of the molecule is Cc1ccc(COc2ccccc2C2C3=C(CC(C)(C)CC3=O)N(CC(=O)O)C3=C2C(=O)CC(C)(C)C3)cc1. The molecule has 0 spiro atoms. The van der Waals surface area contributed by atoms with Crippen molar-refractivity contribution in [2.75, 3.05) is 6.54 Å². The molecule has 39 heavy (non-hydrogen) atoms. The molecule has 0 aromatic heterocycles. The summed E-state index contributed by atoms with van der Waals surface area (Å²) in [5.74, 6) is -0.996. The Hall–Kier alpha value is -3.67. The molecule has 2 aromatic carbocycles. The molecule has 6 nitrogen and oxygen atoms in total. The van der Waals surface area contributed by atoms with Crippen LogP contribution in [0.1, 0.15) is 76.0 Å². The summed E-state index contributed by atoms with van der Waals surface area (Å²) in [5.41, 5.74) is 4.92. The molecule has 1 N–H and O–H groups in total. The van der Waals surface area contributed by atoms with Crippen molar-refractivity contribution in [2.45, 2.75) is 72.8 Å². The lowest BCUT2D eigenvalue weighted by Crippen LogP contribution is -2.45. The highest BCUT2D eigenvalue weighted by atomic mass is 16.5. The smallest absolute Gasteiger partial charge is 0.323 e. The minimum Gasteiger partial charge on any atom is -0.489 e. The molecule has 0 saturated heterocycles. The number of carbonyl (C=O) groups excluding carboxylic acids is 2. The second-order valence-corrected chi connectivity index (χ2v) is 12.8. The molecular weight excluding hydrogens is 490 g/mol. The van der Waals surface area contributed by atoms with Gasteiger partial charge in [0.1, 0.15) is 18.9 Å². The summed E-state index contributed by atoms with van der Waals surface area (Å²) >= 11 is 0. The highest BCUT2D eigenvalue weighted by molar-refractivity contribution is 6.07. The number of carbonyl (C=O) groups is 3. The highest BCUT2D eigenvalue weighted by Gasteiger charge is 2.49. The van der Waals surface area contributed by atoms with E-state index in [-0.39, 0.29) is 28.9 Å². The molecule has 0 saturated carbocycles. The molecule has 2 aliphatic carbocycles. The zero-order valence-electron chi connectivity index (χ0n) is 23.5. The maximum atomic E-state index is 13.9. The Morgan fingerprint density at radius 1 is 0.872 bits per heavy atom. The van der Waals surface area contributed by atoms with Gasteiger partial charge in [-0.15, -0.1) is 0 Å². The molecular formula is C33H37NO5. The van der Waals surface area contributed by atoms with Gasteiger partial charge >= 0.3 is 5.97 Å². The maximum absolute atomic E-state index is 13.9. The monoisotopic (exact) mass is 527 g/mol. The van der Waals surface area contributed by atoms with Crippen molar-refractivity contribution < 1.29 is 24.2 Å². The largest absolute Gasteiger partial charge is 0.489 e. The predicted molar refractivity (Wildman–Crippen MR) is 149 cm³/mol. The molecule has 0 bridgehead atoms.